The van der Waals surface area contributed by atoms with Crippen LogP contribution in [0, 0.1) is 0 Å². The van der Waals surface area contributed by atoms with Gasteiger partial charge < -0.3 is 14.4 Å². The molecule has 1 aromatic rings. The fourth-order valence-electron chi connectivity index (χ4n) is 4.01. The Morgan fingerprint density at radius 2 is 2.08 bits per heavy atom. The summed E-state index contributed by atoms with van der Waals surface area (Å²) >= 11 is 0. The molecule has 0 saturated carbocycles. The second-order valence-electron chi connectivity index (χ2n) is 7.99. The maximum atomic E-state index is 6.30. The van der Waals surface area contributed by atoms with E-state index < -0.39 is 0 Å². The summed E-state index contributed by atoms with van der Waals surface area (Å²) in [7, 11) is 0. The van der Waals surface area contributed by atoms with Gasteiger partial charge in [-0.2, -0.15) is 0 Å². The van der Waals surface area contributed by atoms with E-state index in [1.165, 1.54) is 17.5 Å². The highest BCUT2D eigenvalue weighted by Crippen LogP contribution is 2.44. The molecule has 2 aliphatic heterocycles. The molecule has 0 N–H and O–H groups in total. The number of likely N-dealkylation sites (tertiary alicyclic amines) is 1. The maximum Gasteiger partial charge on any atom is 0.292 e. The molecule has 1 spiro atoms. The van der Waals surface area contributed by atoms with Crippen molar-refractivity contribution < 1.29 is 9.47 Å². The molecule has 26 heavy (non-hydrogen) atoms. The normalized spacial score (nSPS) is 19.5. The number of nitrogens with zero attached hydrogens (tertiary/aromatic N) is 2. The number of piperidine rings is 1. The van der Waals surface area contributed by atoms with E-state index in [2.05, 4.69) is 61.5 Å². The molecular weight excluding hydrogens is 324 g/mol. The molecule has 0 atom stereocenters. The number of ether oxygens (including phenoxy) is 2. The van der Waals surface area contributed by atoms with Crippen LogP contribution in [0.25, 0.3) is 0 Å². The summed E-state index contributed by atoms with van der Waals surface area (Å²) in [5.74, 6) is 0. The molecule has 4 heteroatoms. The number of hydrogen-bond donors (Lipinski definition) is 0. The van der Waals surface area contributed by atoms with Crippen molar-refractivity contribution in [2.75, 3.05) is 13.1 Å². The van der Waals surface area contributed by atoms with E-state index in [9.17, 15) is 0 Å². The number of fused-ring (bicyclic) bond motifs is 2. The molecule has 142 valence electrons. The van der Waals surface area contributed by atoms with Crippen LogP contribution in [-0.2, 0) is 21.7 Å². The van der Waals surface area contributed by atoms with E-state index in [4.69, 9.17) is 9.47 Å². The van der Waals surface area contributed by atoms with E-state index in [0.717, 1.165) is 45.4 Å². The molecule has 4 nitrogen and oxygen atoms in total. The van der Waals surface area contributed by atoms with Crippen molar-refractivity contribution in [2.45, 2.75) is 70.7 Å². The van der Waals surface area contributed by atoms with Gasteiger partial charge in [-0.1, -0.05) is 44.2 Å². The van der Waals surface area contributed by atoms with Gasteiger partial charge in [0.25, 0.3) is 6.02 Å². The van der Waals surface area contributed by atoms with Crippen molar-refractivity contribution in [1.82, 2.24) is 4.90 Å². The summed E-state index contributed by atoms with van der Waals surface area (Å²) < 4.78 is 12.6. The van der Waals surface area contributed by atoms with Gasteiger partial charge in [-0.05, 0) is 50.7 Å². The molecule has 0 aromatic heterocycles. The predicted molar refractivity (Wildman–Crippen MR) is 106 cm³/mol. The Kier molecular flexibility index (Phi) is 5.71. The second kappa shape index (κ2) is 7.83. The third-order valence-corrected chi connectivity index (χ3v) is 5.56. The van der Waals surface area contributed by atoms with Gasteiger partial charge in [-0.3, -0.25) is 0 Å². The smallest absolute Gasteiger partial charge is 0.292 e. The van der Waals surface area contributed by atoms with E-state index >= 15 is 0 Å². The fraction of sp³-hybridized carbons (Fsp3) is 0.591. The van der Waals surface area contributed by atoms with Crippen LogP contribution in [0.4, 0.5) is 0 Å². The van der Waals surface area contributed by atoms with Gasteiger partial charge >= 0.3 is 0 Å². The van der Waals surface area contributed by atoms with Crippen molar-refractivity contribution in [2.24, 2.45) is 4.99 Å². The lowest BCUT2D eigenvalue weighted by molar-refractivity contribution is -0.0748. The molecule has 2 heterocycles. The summed E-state index contributed by atoms with van der Waals surface area (Å²) in [6, 6.07) is 9.31. The Bertz CT molecular complexity index is 658. The topological polar surface area (TPSA) is 34.1 Å². The highest BCUT2D eigenvalue weighted by Gasteiger charge is 2.43. The van der Waals surface area contributed by atoms with Gasteiger partial charge in [0.05, 0.1) is 12.2 Å². The lowest BCUT2D eigenvalue weighted by atomic mass is 9.84. The molecule has 1 saturated heterocycles. The lowest BCUT2D eigenvalue weighted by Crippen LogP contribution is -2.47. The number of unbranched alkanes of at least 4 members (excludes halogenated alkanes) is 1. The second-order valence-corrected chi connectivity index (χ2v) is 7.99. The minimum absolute atomic E-state index is 0.135. The number of hydrogen-bond acceptors (Lipinski definition) is 3. The first-order chi connectivity index (χ1) is 12.5. The molecule has 0 amide bonds. The number of aliphatic imine (C=N–C) groups is 1. The predicted octanol–water partition coefficient (Wildman–Crippen LogP) is 4.99. The van der Waals surface area contributed by atoms with Crippen molar-refractivity contribution in [3.63, 3.8) is 0 Å². The quantitative estimate of drug-likeness (QED) is 0.550. The first kappa shape index (κ1) is 19.0. The highest BCUT2D eigenvalue weighted by atomic mass is 16.5. The minimum Gasteiger partial charge on any atom is -0.459 e. The van der Waals surface area contributed by atoms with Crippen molar-refractivity contribution >= 4 is 6.02 Å². The molecule has 0 radical (unpaired) electrons. The Hall–Kier alpha value is -1.81. The molecule has 1 fully saturated rings. The highest BCUT2D eigenvalue weighted by molar-refractivity contribution is 5.75. The number of amidine groups is 1. The zero-order valence-corrected chi connectivity index (χ0v) is 16.5. The first-order valence-electron chi connectivity index (χ1n) is 9.85. The Morgan fingerprint density at radius 3 is 2.77 bits per heavy atom. The zero-order valence-electron chi connectivity index (χ0n) is 16.5. The molecule has 0 bridgehead atoms. The van der Waals surface area contributed by atoms with Crippen LogP contribution in [0.15, 0.2) is 42.0 Å². The van der Waals surface area contributed by atoms with Crippen molar-refractivity contribution in [3.05, 3.63) is 48.2 Å². The van der Waals surface area contributed by atoms with Gasteiger partial charge in [0.1, 0.15) is 5.60 Å². The van der Waals surface area contributed by atoms with E-state index in [0.29, 0.717) is 6.02 Å². The van der Waals surface area contributed by atoms with E-state index in [-0.39, 0.29) is 11.2 Å². The largest absolute Gasteiger partial charge is 0.459 e. The van der Waals surface area contributed by atoms with Gasteiger partial charge in [-0.25, -0.2) is 4.99 Å². The molecule has 1 aromatic carbocycles. The van der Waals surface area contributed by atoms with E-state index in [1.54, 1.807) is 6.20 Å². The Morgan fingerprint density at radius 1 is 1.35 bits per heavy atom. The van der Waals surface area contributed by atoms with Crippen LogP contribution < -0.4 is 0 Å². The summed E-state index contributed by atoms with van der Waals surface area (Å²) in [5.41, 5.74) is 2.34. The lowest BCUT2D eigenvalue weighted by Gasteiger charge is -2.41. The van der Waals surface area contributed by atoms with E-state index in [1.807, 2.05) is 0 Å². The number of rotatable bonds is 5. The molecule has 3 rings (SSSR count). The average molecular weight is 357 g/mol. The van der Waals surface area contributed by atoms with Gasteiger partial charge in [-0.15, -0.1) is 0 Å². The summed E-state index contributed by atoms with van der Waals surface area (Å²) in [6.45, 7) is 12.7. The molecular formula is C22H32N2O2. The van der Waals surface area contributed by atoms with Crippen LogP contribution in [0.2, 0.25) is 0 Å². The number of benzene rings is 1. The van der Waals surface area contributed by atoms with Crippen molar-refractivity contribution in [3.8, 4) is 0 Å². The van der Waals surface area contributed by atoms with Crippen LogP contribution in [0.5, 0.6) is 0 Å². The first-order valence-corrected chi connectivity index (χ1v) is 9.85. The third-order valence-electron chi connectivity index (χ3n) is 5.56. The summed E-state index contributed by atoms with van der Waals surface area (Å²) in [5, 5.41) is 0. The summed E-state index contributed by atoms with van der Waals surface area (Å²) in [6.07, 6.45) is 6.84. The molecule has 2 aliphatic rings. The average Bonchev–Trinajstić information content (AvgIpc) is 2.99. The van der Waals surface area contributed by atoms with Gasteiger partial charge in [0.15, 0.2) is 0 Å². The standard InChI is InChI=1S/C22H32N2O2/c1-5-7-12-21(3,4)26-20(23-6-2)24-15-13-22(14-16-24)19-11-9-8-10-18(19)17-25-22/h6,8-11H,2,5,7,12-17H2,1,3-4H3/b23-20-. The van der Waals surface area contributed by atoms with Gasteiger partial charge in [0.2, 0.25) is 0 Å². The monoisotopic (exact) mass is 356 g/mol. The Balaban J connectivity index is 1.68. The molecule has 0 aliphatic carbocycles. The Labute approximate surface area is 157 Å². The van der Waals surface area contributed by atoms with Crippen LogP contribution >= 0.6 is 0 Å². The van der Waals surface area contributed by atoms with Crippen LogP contribution in [-0.4, -0.2) is 29.6 Å². The zero-order chi connectivity index (χ0) is 18.6. The minimum atomic E-state index is -0.219. The summed E-state index contributed by atoms with van der Waals surface area (Å²) in [4.78, 5) is 6.68. The van der Waals surface area contributed by atoms with Crippen LogP contribution in [0.3, 0.4) is 0 Å². The maximum absolute atomic E-state index is 6.30. The SMILES string of the molecule is C=C/N=C(\OC(C)(C)CCCC)N1CCC2(CC1)OCc1ccccc12. The van der Waals surface area contributed by atoms with Gasteiger partial charge in [0, 0.05) is 19.3 Å². The molecule has 0 unspecified atom stereocenters. The van der Waals surface area contributed by atoms with Crippen molar-refractivity contribution in [1.29, 1.82) is 0 Å². The fourth-order valence-corrected chi connectivity index (χ4v) is 4.01. The third kappa shape index (κ3) is 3.96. The van der Waals surface area contributed by atoms with Crippen LogP contribution in [0.1, 0.15) is 64.0 Å².